The Morgan fingerprint density at radius 3 is 2.21 bits per heavy atom. The van der Waals surface area contributed by atoms with Gasteiger partial charge in [0, 0.05) is 41.9 Å². The number of benzene rings is 2. The number of nitrogens with zero attached hydrogens (tertiary/aromatic N) is 3. The van der Waals surface area contributed by atoms with Crippen LogP contribution in [0.15, 0.2) is 47.4 Å². The highest BCUT2D eigenvalue weighted by Crippen LogP contribution is 2.30. The van der Waals surface area contributed by atoms with Crippen LogP contribution in [0.4, 0.5) is 16.4 Å². The molecule has 0 saturated carbocycles. The molecule has 146 valence electrons. The highest BCUT2D eigenvalue weighted by Gasteiger charge is 2.21. The summed E-state index contributed by atoms with van der Waals surface area (Å²) in [7, 11) is -0.344. The van der Waals surface area contributed by atoms with Crippen molar-refractivity contribution in [1.82, 2.24) is 14.7 Å². The van der Waals surface area contributed by atoms with Crippen LogP contribution in [-0.2, 0) is 10.0 Å². The molecular weight excluding hydrogens is 378 g/mol. The highest BCUT2D eigenvalue weighted by atomic mass is 32.2. The van der Waals surface area contributed by atoms with Gasteiger partial charge in [-0.05, 0) is 32.0 Å². The predicted octanol–water partition coefficient (Wildman–Crippen LogP) is 2.82. The molecule has 9 heteroatoms. The van der Waals surface area contributed by atoms with Gasteiger partial charge in [-0.15, -0.1) is 0 Å². The molecule has 28 heavy (non-hydrogen) atoms. The van der Waals surface area contributed by atoms with Crippen molar-refractivity contribution in [2.45, 2.75) is 18.7 Å². The summed E-state index contributed by atoms with van der Waals surface area (Å²) in [6.45, 7) is 3.51. The molecule has 3 rings (SSSR count). The van der Waals surface area contributed by atoms with Gasteiger partial charge in [0.2, 0.25) is 5.95 Å². The molecule has 3 aromatic rings. The summed E-state index contributed by atoms with van der Waals surface area (Å²) in [6, 6.07) is 11.2. The first kappa shape index (κ1) is 19.6. The number of carbonyl (C=O) groups excluding carboxylic acids is 1. The number of amides is 2. The van der Waals surface area contributed by atoms with Gasteiger partial charge in [0.25, 0.3) is 10.0 Å². The van der Waals surface area contributed by atoms with E-state index in [9.17, 15) is 13.2 Å². The van der Waals surface area contributed by atoms with Crippen LogP contribution in [0, 0.1) is 13.8 Å². The van der Waals surface area contributed by atoms with Crippen molar-refractivity contribution in [3.63, 3.8) is 0 Å². The summed E-state index contributed by atoms with van der Waals surface area (Å²) in [6.07, 6.45) is 0. The zero-order valence-corrected chi connectivity index (χ0v) is 16.8. The maximum absolute atomic E-state index is 12.8. The minimum absolute atomic E-state index is 0.0187. The van der Waals surface area contributed by atoms with Crippen LogP contribution < -0.4 is 14.9 Å². The topological polar surface area (TPSA) is 104 Å². The van der Waals surface area contributed by atoms with Crippen molar-refractivity contribution >= 4 is 38.5 Å². The van der Waals surface area contributed by atoms with E-state index in [0.29, 0.717) is 16.8 Å². The summed E-state index contributed by atoms with van der Waals surface area (Å²) in [5.41, 5.74) is 2.20. The molecule has 2 N–H and O–H groups in total. The fraction of sp³-hybridized carbons (Fsp3) is 0.211. The van der Waals surface area contributed by atoms with Crippen molar-refractivity contribution in [2.24, 2.45) is 0 Å². The second-order valence-corrected chi connectivity index (χ2v) is 8.21. The lowest BCUT2D eigenvalue weighted by Gasteiger charge is -2.17. The van der Waals surface area contributed by atoms with Gasteiger partial charge in [-0.1, -0.05) is 24.3 Å². The molecule has 0 fully saturated rings. The van der Waals surface area contributed by atoms with E-state index >= 15 is 0 Å². The van der Waals surface area contributed by atoms with E-state index in [-0.39, 0.29) is 10.8 Å². The number of fused-ring (bicyclic) bond motifs is 1. The third-order valence-corrected chi connectivity index (χ3v) is 5.45. The van der Waals surface area contributed by atoms with E-state index < -0.39 is 16.1 Å². The molecule has 0 spiro atoms. The molecule has 0 aliphatic carbocycles. The van der Waals surface area contributed by atoms with Gasteiger partial charge in [-0.2, -0.15) is 0 Å². The maximum Gasteiger partial charge on any atom is 0.335 e. The van der Waals surface area contributed by atoms with Crippen LogP contribution in [0.25, 0.3) is 10.8 Å². The van der Waals surface area contributed by atoms with Crippen LogP contribution in [0.1, 0.15) is 11.4 Å². The molecule has 0 aliphatic rings. The lowest BCUT2D eigenvalue weighted by atomic mass is 10.1. The number of aromatic nitrogens is 2. The maximum atomic E-state index is 12.8. The van der Waals surface area contributed by atoms with Crippen molar-refractivity contribution in [3.8, 4) is 0 Å². The fourth-order valence-corrected chi connectivity index (χ4v) is 4.11. The first-order valence-electron chi connectivity index (χ1n) is 8.52. The van der Waals surface area contributed by atoms with E-state index in [1.54, 1.807) is 38.1 Å². The number of carbonyl (C=O) groups is 1. The number of hydrogen-bond donors (Lipinski definition) is 2. The number of nitrogens with one attached hydrogen (secondary N) is 2. The van der Waals surface area contributed by atoms with Gasteiger partial charge in [0.1, 0.15) is 0 Å². The summed E-state index contributed by atoms with van der Waals surface area (Å²) < 4.78 is 27.7. The van der Waals surface area contributed by atoms with Crippen LogP contribution >= 0.6 is 0 Å². The molecule has 0 unspecified atom stereocenters. The standard InChI is InChI=1S/C19H21N5O3S/c1-12-11-13(2)21-18(20-12)22-19(25)23-28(26,27)17-10-6-7-14-15(17)8-5-9-16(14)24(3)4/h5-11H,1-4H3,(H2,20,21,22,23,25). The molecule has 1 aromatic heterocycles. The first-order valence-corrected chi connectivity index (χ1v) is 10.0. The Morgan fingerprint density at radius 2 is 1.57 bits per heavy atom. The Balaban J connectivity index is 1.93. The molecule has 0 saturated heterocycles. The van der Waals surface area contributed by atoms with Crippen molar-refractivity contribution < 1.29 is 13.2 Å². The number of aryl methyl sites for hydroxylation is 2. The Bertz CT molecular complexity index is 1140. The molecule has 2 amide bonds. The lowest BCUT2D eigenvalue weighted by molar-refractivity contribution is 0.256. The molecule has 0 aliphatic heterocycles. The Kier molecular flexibility index (Phi) is 5.19. The Morgan fingerprint density at radius 1 is 0.964 bits per heavy atom. The minimum atomic E-state index is -4.11. The Hall–Kier alpha value is -3.20. The smallest absolute Gasteiger partial charge is 0.335 e. The quantitative estimate of drug-likeness (QED) is 0.699. The summed E-state index contributed by atoms with van der Waals surface area (Å²) in [5.74, 6) is 0.0398. The second-order valence-electron chi connectivity index (χ2n) is 6.56. The second kappa shape index (κ2) is 7.43. The molecule has 1 heterocycles. The SMILES string of the molecule is Cc1cc(C)nc(NC(=O)NS(=O)(=O)c2cccc3c(N(C)C)cccc23)n1. The first-order chi connectivity index (χ1) is 13.2. The van der Waals surface area contributed by atoms with Gasteiger partial charge in [0.15, 0.2) is 0 Å². The molecule has 0 bridgehead atoms. The largest absolute Gasteiger partial charge is 0.377 e. The van der Waals surface area contributed by atoms with E-state index in [4.69, 9.17) is 0 Å². The van der Waals surface area contributed by atoms with E-state index in [2.05, 4.69) is 15.3 Å². The predicted molar refractivity (Wildman–Crippen MR) is 109 cm³/mol. The van der Waals surface area contributed by atoms with Gasteiger partial charge >= 0.3 is 6.03 Å². The fourth-order valence-electron chi connectivity index (χ4n) is 2.97. The van der Waals surface area contributed by atoms with Crippen molar-refractivity contribution in [3.05, 3.63) is 53.9 Å². The van der Waals surface area contributed by atoms with Crippen LogP contribution in [0.3, 0.4) is 0 Å². The molecule has 0 radical (unpaired) electrons. The average molecular weight is 399 g/mol. The number of rotatable bonds is 4. The minimum Gasteiger partial charge on any atom is -0.377 e. The number of anilines is 2. The molecular formula is C19H21N5O3S. The number of sulfonamides is 1. The summed E-state index contributed by atoms with van der Waals surface area (Å²) >= 11 is 0. The lowest BCUT2D eigenvalue weighted by Crippen LogP contribution is -2.35. The number of hydrogen-bond acceptors (Lipinski definition) is 6. The molecule has 8 nitrogen and oxygen atoms in total. The van der Waals surface area contributed by atoms with Gasteiger partial charge in [0.05, 0.1) is 4.90 Å². The van der Waals surface area contributed by atoms with E-state index in [1.165, 1.54) is 6.07 Å². The van der Waals surface area contributed by atoms with Gasteiger partial charge in [-0.25, -0.2) is 27.9 Å². The number of urea groups is 1. The van der Waals surface area contributed by atoms with Gasteiger partial charge < -0.3 is 4.90 Å². The molecule has 2 aromatic carbocycles. The van der Waals surface area contributed by atoms with Crippen LogP contribution in [-0.4, -0.2) is 38.5 Å². The Labute approximate surface area is 163 Å². The van der Waals surface area contributed by atoms with Crippen molar-refractivity contribution in [1.29, 1.82) is 0 Å². The third-order valence-electron chi connectivity index (χ3n) is 4.07. The third kappa shape index (κ3) is 4.04. The zero-order valence-electron chi connectivity index (χ0n) is 16.0. The summed E-state index contributed by atoms with van der Waals surface area (Å²) in [5, 5.41) is 3.66. The van der Waals surface area contributed by atoms with Gasteiger partial charge in [-0.3, -0.25) is 5.32 Å². The monoisotopic (exact) mass is 399 g/mol. The van der Waals surface area contributed by atoms with Crippen molar-refractivity contribution in [2.75, 3.05) is 24.3 Å². The van der Waals surface area contributed by atoms with Crippen LogP contribution in [0.5, 0.6) is 0 Å². The van der Waals surface area contributed by atoms with Crippen LogP contribution in [0.2, 0.25) is 0 Å². The molecule has 0 atom stereocenters. The van der Waals surface area contributed by atoms with E-state index in [1.807, 2.05) is 35.9 Å². The highest BCUT2D eigenvalue weighted by molar-refractivity contribution is 7.90. The van der Waals surface area contributed by atoms with E-state index in [0.717, 1.165) is 11.1 Å². The average Bonchev–Trinajstić information content (AvgIpc) is 2.58. The summed E-state index contributed by atoms with van der Waals surface area (Å²) in [4.78, 5) is 22.3. The normalized spacial score (nSPS) is 11.3. The zero-order chi connectivity index (χ0) is 20.5.